The lowest BCUT2D eigenvalue weighted by Gasteiger charge is -2.13. The molecule has 0 saturated heterocycles. The van der Waals surface area contributed by atoms with E-state index in [-0.39, 0.29) is 12.4 Å². The highest BCUT2D eigenvalue weighted by atomic mass is 32.2. The van der Waals surface area contributed by atoms with E-state index in [1.54, 1.807) is 13.8 Å². The van der Waals surface area contributed by atoms with Gasteiger partial charge in [-0.15, -0.1) is 0 Å². The first-order valence-corrected chi connectivity index (χ1v) is 7.78. The lowest BCUT2D eigenvalue weighted by atomic mass is 10.3. The SMILES string of the molecule is Cc1nc(CNc2ccc(F)cc2S(=O)(=O)C(F)(F)F)oc1C. The number of aromatic nitrogens is 1. The molecule has 0 unspecified atom stereocenters. The Morgan fingerprint density at radius 2 is 1.91 bits per heavy atom. The molecular weight excluding hydrogens is 340 g/mol. The van der Waals surface area contributed by atoms with Crippen LogP contribution in [0, 0.1) is 19.7 Å². The van der Waals surface area contributed by atoms with Crippen LogP contribution in [0.25, 0.3) is 0 Å². The average molecular weight is 352 g/mol. The van der Waals surface area contributed by atoms with Gasteiger partial charge in [-0.05, 0) is 32.0 Å². The van der Waals surface area contributed by atoms with E-state index in [1.165, 1.54) is 0 Å². The standard InChI is InChI=1S/C13H12F4N2O3S/c1-7-8(2)22-12(19-7)6-18-10-4-3-9(14)5-11(10)23(20,21)13(15,16)17/h3-5,18H,6H2,1-2H3. The first-order valence-electron chi connectivity index (χ1n) is 6.30. The molecule has 0 radical (unpaired) electrons. The van der Waals surface area contributed by atoms with Crippen molar-refractivity contribution in [3.63, 3.8) is 0 Å². The largest absolute Gasteiger partial charge is 0.501 e. The van der Waals surface area contributed by atoms with Gasteiger partial charge in [0.25, 0.3) is 9.84 Å². The highest BCUT2D eigenvalue weighted by Gasteiger charge is 2.48. The van der Waals surface area contributed by atoms with Gasteiger partial charge >= 0.3 is 5.51 Å². The molecule has 0 atom stereocenters. The summed E-state index contributed by atoms with van der Waals surface area (Å²) >= 11 is 0. The number of hydrogen-bond acceptors (Lipinski definition) is 5. The summed E-state index contributed by atoms with van der Waals surface area (Å²) in [5.41, 5.74) is -5.32. The summed E-state index contributed by atoms with van der Waals surface area (Å²) in [5, 5.41) is 2.47. The number of aryl methyl sites for hydroxylation is 2. The zero-order chi connectivity index (χ0) is 17.4. The van der Waals surface area contributed by atoms with Gasteiger partial charge in [0.05, 0.1) is 17.9 Å². The molecule has 5 nitrogen and oxygen atoms in total. The van der Waals surface area contributed by atoms with Crippen LogP contribution in [0.2, 0.25) is 0 Å². The molecule has 0 aliphatic heterocycles. The number of benzene rings is 1. The van der Waals surface area contributed by atoms with Gasteiger partial charge in [0.15, 0.2) is 0 Å². The maximum atomic E-state index is 13.2. The van der Waals surface area contributed by atoms with Gasteiger partial charge in [-0.25, -0.2) is 17.8 Å². The van der Waals surface area contributed by atoms with Crippen LogP contribution in [-0.4, -0.2) is 18.9 Å². The molecule has 0 bridgehead atoms. The Morgan fingerprint density at radius 1 is 1.26 bits per heavy atom. The van der Waals surface area contributed by atoms with E-state index in [9.17, 15) is 26.0 Å². The third-order valence-corrected chi connectivity index (χ3v) is 4.57. The van der Waals surface area contributed by atoms with Gasteiger partial charge in [-0.1, -0.05) is 0 Å². The average Bonchev–Trinajstić information content (AvgIpc) is 2.75. The quantitative estimate of drug-likeness (QED) is 0.855. The molecular formula is C13H12F4N2O3S. The molecule has 0 saturated carbocycles. The van der Waals surface area contributed by atoms with Gasteiger partial charge < -0.3 is 9.73 Å². The van der Waals surface area contributed by atoms with Crippen LogP contribution in [0.15, 0.2) is 27.5 Å². The van der Waals surface area contributed by atoms with E-state index >= 15 is 0 Å². The number of sulfone groups is 1. The zero-order valence-electron chi connectivity index (χ0n) is 12.0. The molecule has 0 fully saturated rings. The second-order valence-electron chi connectivity index (χ2n) is 4.69. The monoisotopic (exact) mass is 352 g/mol. The van der Waals surface area contributed by atoms with Crippen molar-refractivity contribution >= 4 is 15.5 Å². The van der Waals surface area contributed by atoms with Crippen molar-refractivity contribution in [2.24, 2.45) is 0 Å². The molecule has 2 rings (SSSR count). The van der Waals surface area contributed by atoms with Crippen LogP contribution < -0.4 is 5.32 Å². The van der Waals surface area contributed by atoms with Gasteiger partial charge in [0.2, 0.25) is 5.89 Å². The molecule has 1 aromatic heterocycles. The number of nitrogens with zero attached hydrogens (tertiary/aromatic N) is 1. The number of nitrogens with one attached hydrogen (secondary N) is 1. The van der Waals surface area contributed by atoms with E-state index in [0.717, 1.165) is 12.1 Å². The van der Waals surface area contributed by atoms with Crippen molar-refractivity contribution in [2.75, 3.05) is 5.32 Å². The second-order valence-corrected chi connectivity index (χ2v) is 6.60. The maximum absolute atomic E-state index is 13.2. The van der Waals surface area contributed by atoms with Crippen LogP contribution >= 0.6 is 0 Å². The van der Waals surface area contributed by atoms with Gasteiger partial charge in [-0.3, -0.25) is 0 Å². The molecule has 126 valence electrons. The number of hydrogen-bond donors (Lipinski definition) is 1. The molecule has 0 aliphatic carbocycles. The fourth-order valence-electron chi connectivity index (χ4n) is 1.77. The molecule has 1 N–H and O–H groups in total. The van der Waals surface area contributed by atoms with Crippen LogP contribution in [-0.2, 0) is 16.4 Å². The lowest BCUT2D eigenvalue weighted by Crippen LogP contribution is -2.24. The summed E-state index contributed by atoms with van der Waals surface area (Å²) in [4.78, 5) is 2.82. The molecule has 2 aromatic rings. The number of halogens is 4. The minimum Gasteiger partial charge on any atom is -0.444 e. The first kappa shape index (κ1) is 17.3. The molecule has 1 aromatic carbocycles. The highest BCUT2D eigenvalue weighted by molar-refractivity contribution is 7.92. The van der Waals surface area contributed by atoms with E-state index < -0.39 is 31.7 Å². The van der Waals surface area contributed by atoms with Gasteiger partial charge in [0, 0.05) is 0 Å². The maximum Gasteiger partial charge on any atom is 0.501 e. The van der Waals surface area contributed by atoms with Crippen LogP contribution in [0.4, 0.5) is 23.2 Å². The minimum atomic E-state index is -5.69. The summed E-state index contributed by atoms with van der Waals surface area (Å²) < 4.78 is 79.5. The number of alkyl halides is 3. The normalized spacial score (nSPS) is 12.4. The molecule has 0 amide bonds. The highest BCUT2D eigenvalue weighted by Crippen LogP contribution is 2.35. The summed E-state index contributed by atoms with van der Waals surface area (Å²) in [6, 6.07) is 2.08. The first-order chi connectivity index (χ1) is 10.5. The fourth-order valence-corrected chi connectivity index (χ4v) is 2.72. The predicted molar refractivity (Wildman–Crippen MR) is 72.9 cm³/mol. The number of rotatable bonds is 4. The third-order valence-electron chi connectivity index (χ3n) is 3.04. The zero-order valence-corrected chi connectivity index (χ0v) is 12.8. The van der Waals surface area contributed by atoms with Crippen LogP contribution in [0.3, 0.4) is 0 Å². The Morgan fingerprint density at radius 3 is 2.43 bits per heavy atom. The Balaban J connectivity index is 2.36. The third kappa shape index (κ3) is 3.46. The smallest absolute Gasteiger partial charge is 0.444 e. The fraction of sp³-hybridized carbons (Fsp3) is 0.308. The van der Waals surface area contributed by atoms with Crippen molar-refractivity contribution in [1.82, 2.24) is 4.98 Å². The van der Waals surface area contributed by atoms with E-state index in [4.69, 9.17) is 4.42 Å². The topological polar surface area (TPSA) is 72.2 Å². The van der Waals surface area contributed by atoms with Crippen LogP contribution in [0.1, 0.15) is 17.3 Å². The number of oxazole rings is 1. The van der Waals surface area contributed by atoms with Gasteiger partial charge in [-0.2, -0.15) is 13.2 Å². The molecule has 23 heavy (non-hydrogen) atoms. The Labute approximate surface area is 129 Å². The Bertz CT molecular complexity index is 809. The molecule has 0 aliphatic rings. The van der Waals surface area contributed by atoms with Crippen LogP contribution in [0.5, 0.6) is 0 Å². The Kier molecular flexibility index (Phi) is 4.38. The summed E-state index contributed by atoms with van der Waals surface area (Å²) in [7, 11) is -5.69. The van der Waals surface area contributed by atoms with Crippen molar-refractivity contribution in [3.05, 3.63) is 41.4 Å². The van der Waals surface area contributed by atoms with Crippen molar-refractivity contribution < 1.29 is 30.4 Å². The van der Waals surface area contributed by atoms with E-state index in [1.807, 2.05) is 0 Å². The lowest BCUT2D eigenvalue weighted by molar-refractivity contribution is -0.0435. The Hall–Kier alpha value is -2.10. The summed E-state index contributed by atoms with van der Waals surface area (Å²) in [6.45, 7) is 3.18. The van der Waals surface area contributed by atoms with Crippen molar-refractivity contribution in [1.29, 1.82) is 0 Å². The van der Waals surface area contributed by atoms with Gasteiger partial charge in [0.1, 0.15) is 16.5 Å². The van der Waals surface area contributed by atoms with E-state index in [2.05, 4.69) is 10.3 Å². The van der Waals surface area contributed by atoms with E-state index in [0.29, 0.717) is 17.5 Å². The minimum absolute atomic E-state index is 0.152. The molecule has 0 spiro atoms. The molecule has 10 heteroatoms. The van der Waals surface area contributed by atoms with Crippen molar-refractivity contribution in [2.45, 2.75) is 30.8 Å². The number of anilines is 1. The second kappa shape index (κ2) is 5.84. The van der Waals surface area contributed by atoms with Crippen molar-refractivity contribution in [3.8, 4) is 0 Å². The summed E-state index contributed by atoms with van der Waals surface area (Å²) in [5.74, 6) is -0.398. The predicted octanol–water partition coefficient (Wildman–Crippen LogP) is 3.34. The molecule has 1 heterocycles. The summed E-state index contributed by atoms with van der Waals surface area (Å²) in [6.07, 6.45) is 0.